The van der Waals surface area contributed by atoms with E-state index in [1.165, 1.54) is 0 Å². The molecule has 0 aliphatic carbocycles. The molecule has 7 heteroatoms. The monoisotopic (exact) mass is 363 g/mol. The Bertz CT molecular complexity index is 686. The Hall–Kier alpha value is -2.28. The minimum Gasteiger partial charge on any atom is -0.494 e. The van der Waals surface area contributed by atoms with E-state index >= 15 is 0 Å². The molecule has 1 aromatic rings. The Kier molecular flexibility index (Phi) is 7.06. The third-order valence-electron chi connectivity index (χ3n) is 3.39. The predicted octanol–water partition coefficient (Wildman–Crippen LogP) is 3.46. The molecule has 1 aliphatic rings. The lowest BCUT2D eigenvalue weighted by atomic mass is 10.2. The highest BCUT2D eigenvalue weighted by Crippen LogP contribution is 2.32. The molecule has 0 aromatic heterocycles. The first-order valence-electron chi connectivity index (χ1n) is 8.19. The molecule has 1 heterocycles. The predicted molar refractivity (Wildman–Crippen MR) is 96.2 cm³/mol. The van der Waals surface area contributed by atoms with Crippen molar-refractivity contribution < 1.29 is 23.9 Å². The van der Waals surface area contributed by atoms with Crippen LogP contribution in [0, 0.1) is 0 Å². The number of carbonyl (C=O) groups is 3. The third-order valence-corrected chi connectivity index (χ3v) is 4.30. The van der Waals surface area contributed by atoms with Crippen molar-refractivity contribution in [3.05, 3.63) is 34.7 Å². The number of imide groups is 1. The molecule has 2 rings (SSSR count). The molecule has 1 aliphatic heterocycles. The molecule has 134 valence electrons. The number of esters is 1. The zero-order valence-corrected chi connectivity index (χ0v) is 15.1. The maximum Gasteiger partial charge on any atom is 0.326 e. The van der Waals surface area contributed by atoms with Gasteiger partial charge in [0.25, 0.3) is 11.1 Å². The van der Waals surface area contributed by atoms with E-state index in [0.29, 0.717) is 19.0 Å². The Labute approximate surface area is 151 Å². The number of nitrogens with zero attached hydrogens (tertiary/aromatic N) is 1. The molecule has 1 saturated heterocycles. The van der Waals surface area contributed by atoms with Gasteiger partial charge in [-0.2, -0.15) is 0 Å². The van der Waals surface area contributed by atoms with E-state index in [-0.39, 0.29) is 11.4 Å². The average Bonchev–Trinajstić information content (AvgIpc) is 2.83. The lowest BCUT2D eigenvalue weighted by Crippen LogP contribution is -2.34. The van der Waals surface area contributed by atoms with E-state index in [1.54, 1.807) is 12.1 Å². The van der Waals surface area contributed by atoms with Gasteiger partial charge in [-0.3, -0.25) is 19.3 Å². The van der Waals surface area contributed by atoms with Gasteiger partial charge in [0, 0.05) is 0 Å². The summed E-state index contributed by atoms with van der Waals surface area (Å²) in [6.45, 7) is 4.35. The Morgan fingerprint density at radius 1 is 1.28 bits per heavy atom. The molecule has 2 amide bonds. The summed E-state index contributed by atoms with van der Waals surface area (Å²) < 4.78 is 10.4. The number of rotatable bonds is 8. The molecule has 0 saturated carbocycles. The Balaban J connectivity index is 2.04. The number of hydrogen-bond donors (Lipinski definition) is 0. The zero-order chi connectivity index (χ0) is 18.2. The van der Waals surface area contributed by atoms with Crippen LogP contribution in [0.1, 0.15) is 32.3 Å². The number of unbranched alkanes of at least 4 members (excludes halogenated alkanes) is 1. The van der Waals surface area contributed by atoms with Crippen molar-refractivity contribution in [3.63, 3.8) is 0 Å². The second-order valence-electron chi connectivity index (χ2n) is 5.35. The van der Waals surface area contributed by atoms with Crippen LogP contribution in [0.3, 0.4) is 0 Å². The van der Waals surface area contributed by atoms with Crippen LogP contribution < -0.4 is 4.74 Å². The van der Waals surface area contributed by atoms with Crippen LogP contribution in [0.25, 0.3) is 6.08 Å². The summed E-state index contributed by atoms with van der Waals surface area (Å²) in [4.78, 5) is 37.3. The van der Waals surface area contributed by atoms with Crippen molar-refractivity contribution in [1.29, 1.82) is 0 Å². The minimum atomic E-state index is -0.574. The molecule has 0 radical (unpaired) electrons. The lowest BCUT2D eigenvalue weighted by Gasteiger charge is -2.11. The molecule has 1 fully saturated rings. The largest absolute Gasteiger partial charge is 0.494 e. The van der Waals surface area contributed by atoms with E-state index in [1.807, 2.05) is 32.0 Å². The summed E-state index contributed by atoms with van der Waals surface area (Å²) in [5.74, 6) is -0.366. The van der Waals surface area contributed by atoms with Crippen molar-refractivity contribution in [2.45, 2.75) is 26.7 Å². The topological polar surface area (TPSA) is 72.9 Å². The van der Waals surface area contributed by atoms with Crippen LogP contribution in [0.2, 0.25) is 0 Å². The van der Waals surface area contributed by atoms with Crippen molar-refractivity contribution in [3.8, 4) is 5.75 Å². The van der Waals surface area contributed by atoms with Gasteiger partial charge in [0.05, 0.1) is 18.1 Å². The van der Waals surface area contributed by atoms with E-state index < -0.39 is 17.1 Å². The normalized spacial score (nSPS) is 15.8. The molecule has 0 spiro atoms. The van der Waals surface area contributed by atoms with Gasteiger partial charge in [-0.25, -0.2) is 0 Å². The van der Waals surface area contributed by atoms with Gasteiger partial charge in [0.2, 0.25) is 0 Å². The van der Waals surface area contributed by atoms with Gasteiger partial charge in [0.15, 0.2) is 0 Å². The van der Waals surface area contributed by atoms with Crippen molar-refractivity contribution in [2.24, 2.45) is 0 Å². The van der Waals surface area contributed by atoms with E-state index in [9.17, 15) is 14.4 Å². The molecule has 0 N–H and O–H groups in total. The Morgan fingerprint density at radius 2 is 2.08 bits per heavy atom. The maximum atomic E-state index is 12.4. The van der Waals surface area contributed by atoms with Gasteiger partial charge >= 0.3 is 5.97 Å². The minimum absolute atomic E-state index is 0.278. The second kappa shape index (κ2) is 9.27. The van der Waals surface area contributed by atoms with Crippen molar-refractivity contribution in [1.82, 2.24) is 4.90 Å². The number of thioether (sulfide) groups is 1. The van der Waals surface area contributed by atoms with E-state index in [2.05, 4.69) is 0 Å². The molecule has 0 atom stereocenters. The first-order chi connectivity index (χ1) is 12.0. The smallest absolute Gasteiger partial charge is 0.326 e. The summed E-state index contributed by atoms with van der Waals surface area (Å²) in [6, 6.07) is 7.23. The van der Waals surface area contributed by atoms with Crippen LogP contribution >= 0.6 is 11.8 Å². The van der Waals surface area contributed by atoms with Gasteiger partial charge in [-0.15, -0.1) is 0 Å². The van der Waals surface area contributed by atoms with Crippen molar-refractivity contribution >= 4 is 35.0 Å². The number of ether oxygens (including phenoxy) is 2. The molecule has 1 aromatic carbocycles. The van der Waals surface area contributed by atoms with Gasteiger partial charge in [-0.1, -0.05) is 25.5 Å². The van der Waals surface area contributed by atoms with Crippen LogP contribution in [0.15, 0.2) is 29.2 Å². The highest BCUT2D eigenvalue weighted by atomic mass is 32.2. The summed E-state index contributed by atoms with van der Waals surface area (Å²) >= 11 is 0.816. The van der Waals surface area contributed by atoms with Crippen LogP contribution in [-0.4, -0.2) is 41.8 Å². The highest BCUT2D eigenvalue weighted by molar-refractivity contribution is 8.18. The maximum absolute atomic E-state index is 12.4. The van der Waals surface area contributed by atoms with Crippen molar-refractivity contribution in [2.75, 3.05) is 19.8 Å². The number of amides is 2. The molecular formula is C18H21NO5S. The van der Waals surface area contributed by atoms with Crippen LogP contribution in [-0.2, 0) is 14.3 Å². The van der Waals surface area contributed by atoms with Gasteiger partial charge in [-0.05, 0) is 48.9 Å². The SMILES string of the molecule is CCCCOC(=O)CN1C(=O)S/C(=C\c2cccc(OCC)c2)C1=O. The van der Waals surface area contributed by atoms with E-state index in [0.717, 1.165) is 35.1 Å². The van der Waals surface area contributed by atoms with E-state index in [4.69, 9.17) is 9.47 Å². The number of hydrogen-bond acceptors (Lipinski definition) is 6. The van der Waals surface area contributed by atoms with Crippen LogP contribution in [0.5, 0.6) is 5.75 Å². The first-order valence-corrected chi connectivity index (χ1v) is 9.00. The summed E-state index contributed by atoms with van der Waals surface area (Å²) in [7, 11) is 0. The average molecular weight is 363 g/mol. The zero-order valence-electron chi connectivity index (χ0n) is 14.3. The molecule has 6 nitrogen and oxygen atoms in total. The molecular weight excluding hydrogens is 342 g/mol. The molecule has 25 heavy (non-hydrogen) atoms. The lowest BCUT2D eigenvalue weighted by molar-refractivity contribution is -0.146. The Morgan fingerprint density at radius 3 is 2.80 bits per heavy atom. The molecule has 0 unspecified atom stereocenters. The molecule has 0 bridgehead atoms. The highest BCUT2D eigenvalue weighted by Gasteiger charge is 2.36. The third kappa shape index (κ3) is 5.35. The number of carbonyl (C=O) groups excluding carboxylic acids is 3. The summed E-state index contributed by atoms with van der Waals surface area (Å²) in [6.07, 6.45) is 3.28. The number of benzene rings is 1. The van der Waals surface area contributed by atoms with Crippen LogP contribution in [0.4, 0.5) is 4.79 Å². The van der Waals surface area contributed by atoms with Gasteiger partial charge in [0.1, 0.15) is 12.3 Å². The summed E-state index contributed by atoms with van der Waals surface area (Å²) in [5, 5.41) is -0.468. The standard InChI is InChI=1S/C18H21NO5S/c1-3-5-9-24-16(20)12-19-17(21)15(25-18(19)22)11-13-7-6-8-14(10-13)23-4-2/h6-8,10-11H,3-5,9,12H2,1-2H3/b15-11-. The summed E-state index contributed by atoms with van der Waals surface area (Å²) in [5.41, 5.74) is 0.752. The fourth-order valence-electron chi connectivity index (χ4n) is 2.15. The fraction of sp³-hybridized carbons (Fsp3) is 0.389. The van der Waals surface area contributed by atoms with Gasteiger partial charge < -0.3 is 9.47 Å². The first kappa shape index (κ1) is 19.1. The quantitative estimate of drug-likeness (QED) is 0.400. The fourth-order valence-corrected chi connectivity index (χ4v) is 2.99. The second-order valence-corrected chi connectivity index (χ2v) is 6.34.